The normalized spacial score (nSPS) is 10.8. The average Bonchev–Trinajstić information content (AvgIpc) is 2.69. The molecule has 3 aromatic carbocycles. The molecule has 0 aromatic heterocycles. The Morgan fingerprint density at radius 2 is 1.64 bits per heavy atom. The highest BCUT2D eigenvalue weighted by Gasteiger charge is 2.06. The summed E-state index contributed by atoms with van der Waals surface area (Å²) in [5.41, 5.74) is 3.98. The first-order valence-corrected chi connectivity index (χ1v) is 8.65. The van der Waals surface area contributed by atoms with Gasteiger partial charge in [0.25, 0.3) is 5.91 Å². The summed E-state index contributed by atoms with van der Waals surface area (Å²) in [7, 11) is 0. The zero-order valence-corrected chi connectivity index (χ0v) is 15.3. The van der Waals surface area contributed by atoms with E-state index in [1.165, 1.54) is 42.6 Å². The van der Waals surface area contributed by atoms with Crippen LogP contribution in [0, 0.1) is 11.6 Å². The molecule has 0 saturated carbocycles. The van der Waals surface area contributed by atoms with Crippen LogP contribution in [0.2, 0.25) is 5.02 Å². The van der Waals surface area contributed by atoms with Crippen LogP contribution in [0.4, 0.5) is 8.78 Å². The molecule has 1 amide bonds. The van der Waals surface area contributed by atoms with Crippen LogP contribution >= 0.6 is 11.6 Å². The summed E-state index contributed by atoms with van der Waals surface area (Å²) in [6.45, 7) is 0.227. The number of nitrogens with zero attached hydrogens (tertiary/aromatic N) is 1. The van der Waals surface area contributed by atoms with Crippen LogP contribution in [0.25, 0.3) is 0 Å². The van der Waals surface area contributed by atoms with E-state index in [9.17, 15) is 13.6 Å². The lowest BCUT2D eigenvalue weighted by Gasteiger charge is -2.09. The molecule has 0 spiro atoms. The summed E-state index contributed by atoms with van der Waals surface area (Å²) in [5, 5.41) is 4.37. The molecule has 142 valence electrons. The molecule has 0 aliphatic rings. The number of carbonyl (C=O) groups excluding carboxylic acids is 1. The molecule has 0 aliphatic carbocycles. The maximum Gasteiger partial charge on any atom is 0.271 e. The van der Waals surface area contributed by atoms with Crippen molar-refractivity contribution in [1.29, 1.82) is 0 Å². The molecule has 0 radical (unpaired) electrons. The molecule has 3 rings (SSSR count). The van der Waals surface area contributed by atoms with Crippen LogP contribution in [0.1, 0.15) is 21.5 Å². The van der Waals surface area contributed by atoms with Crippen LogP contribution in [0.5, 0.6) is 5.75 Å². The number of hydrogen-bond acceptors (Lipinski definition) is 3. The Morgan fingerprint density at radius 1 is 1.00 bits per heavy atom. The Labute approximate surface area is 165 Å². The molecule has 7 heteroatoms. The second kappa shape index (κ2) is 9.10. The Hall–Kier alpha value is -3.25. The molecule has 28 heavy (non-hydrogen) atoms. The van der Waals surface area contributed by atoms with Gasteiger partial charge in [-0.2, -0.15) is 5.10 Å². The molecule has 0 atom stereocenters. The zero-order chi connectivity index (χ0) is 19.9. The molecule has 3 aromatic rings. The van der Waals surface area contributed by atoms with Crippen molar-refractivity contribution in [1.82, 2.24) is 5.43 Å². The lowest BCUT2D eigenvalue weighted by molar-refractivity contribution is 0.0955. The van der Waals surface area contributed by atoms with E-state index < -0.39 is 11.7 Å². The fourth-order valence-electron chi connectivity index (χ4n) is 2.32. The summed E-state index contributed by atoms with van der Waals surface area (Å²) >= 11 is 6.02. The van der Waals surface area contributed by atoms with E-state index in [4.69, 9.17) is 16.3 Å². The van der Waals surface area contributed by atoms with Gasteiger partial charge in [0, 0.05) is 16.1 Å². The third-order valence-corrected chi connectivity index (χ3v) is 3.99. The first-order valence-electron chi connectivity index (χ1n) is 8.27. The third kappa shape index (κ3) is 5.37. The number of carbonyl (C=O) groups is 1. The van der Waals surface area contributed by atoms with Crippen molar-refractivity contribution >= 4 is 23.7 Å². The van der Waals surface area contributed by atoms with Crippen molar-refractivity contribution in [3.8, 4) is 5.75 Å². The van der Waals surface area contributed by atoms with Crippen molar-refractivity contribution in [3.05, 3.63) is 100 Å². The first kappa shape index (κ1) is 19.5. The average molecular weight is 401 g/mol. The Kier molecular flexibility index (Phi) is 6.34. The SMILES string of the molecule is O=C(N/N=C\c1cc(Cl)ccc1OCc1ccc(F)cc1)c1ccc(F)cc1. The van der Waals surface area contributed by atoms with E-state index in [2.05, 4.69) is 10.5 Å². The maximum absolute atomic E-state index is 13.0. The number of hydrogen-bond donors (Lipinski definition) is 1. The zero-order valence-electron chi connectivity index (χ0n) is 14.5. The largest absolute Gasteiger partial charge is 0.488 e. The summed E-state index contributed by atoms with van der Waals surface area (Å²) in [6.07, 6.45) is 1.40. The second-order valence-corrected chi connectivity index (χ2v) is 6.24. The number of ether oxygens (including phenoxy) is 1. The van der Waals surface area contributed by atoms with Gasteiger partial charge in [-0.05, 0) is 60.2 Å². The van der Waals surface area contributed by atoms with E-state index in [0.717, 1.165) is 5.56 Å². The monoisotopic (exact) mass is 400 g/mol. The van der Waals surface area contributed by atoms with E-state index >= 15 is 0 Å². The number of hydrazone groups is 1. The van der Waals surface area contributed by atoms with Gasteiger partial charge in [-0.15, -0.1) is 0 Å². The minimum atomic E-state index is -0.480. The number of benzene rings is 3. The van der Waals surface area contributed by atoms with Gasteiger partial charge in [0.05, 0.1) is 6.21 Å². The molecule has 0 aliphatic heterocycles. The molecule has 0 unspecified atom stereocenters. The minimum absolute atomic E-state index is 0.227. The van der Waals surface area contributed by atoms with Gasteiger partial charge in [-0.3, -0.25) is 4.79 Å². The summed E-state index contributed by atoms with van der Waals surface area (Å²) < 4.78 is 31.6. The van der Waals surface area contributed by atoms with Crippen LogP contribution in [-0.4, -0.2) is 12.1 Å². The van der Waals surface area contributed by atoms with Gasteiger partial charge in [0.1, 0.15) is 24.0 Å². The van der Waals surface area contributed by atoms with Crippen molar-refractivity contribution in [2.24, 2.45) is 5.10 Å². The number of amides is 1. The minimum Gasteiger partial charge on any atom is -0.488 e. The van der Waals surface area contributed by atoms with Gasteiger partial charge in [0.15, 0.2) is 0 Å². The first-order chi connectivity index (χ1) is 13.5. The fraction of sp³-hybridized carbons (Fsp3) is 0.0476. The molecule has 0 heterocycles. The van der Waals surface area contributed by atoms with Gasteiger partial charge in [-0.1, -0.05) is 23.7 Å². The summed E-state index contributed by atoms with van der Waals surface area (Å²) in [5.74, 6) is -0.734. The van der Waals surface area contributed by atoms with E-state index in [-0.39, 0.29) is 18.0 Å². The van der Waals surface area contributed by atoms with Crippen molar-refractivity contribution in [2.45, 2.75) is 6.61 Å². The predicted molar refractivity (Wildman–Crippen MR) is 104 cm³/mol. The molecular weight excluding hydrogens is 386 g/mol. The van der Waals surface area contributed by atoms with Crippen LogP contribution in [0.3, 0.4) is 0 Å². The van der Waals surface area contributed by atoms with Crippen LogP contribution in [0.15, 0.2) is 71.8 Å². The number of rotatable bonds is 6. The Morgan fingerprint density at radius 3 is 2.32 bits per heavy atom. The third-order valence-electron chi connectivity index (χ3n) is 3.76. The molecule has 0 saturated heterocycles. The molecular formula is C21H15ClF2N2O2. The van der Waals surface area contributed by atoms with Gasteiger partial charge < -0.3 is 4.74 Å². The Balaban J connectivity index is 1.67. The Bertz CT molecular complexity index is 990. The highest BCUT2D eigenvalue weighted by atomic mass is 35.5. The molecule has 0 fully saturated rings. The second-order valence-electron chi connectivity index (χ2n) is 5.80. The van der Waals surface area contributed by atoms with E-state index in [0.29, 0.717) is 16.3 Å². The lowest BCUT2D eigenvalue weighted by atomic mass is 10.2. The number of halogens is 3. The van der Waals surface area contributed by atoms with E-state index in [1.807, 2.05) is 0 Å². The molecule has 1 N–H and O–H groups in total. The van der Waals surface area contributed by atoms with E-state index in [1.54, 1.807) is 30.3 Å². The number of nitrogens with one attached hydrogen (secondary N) is 1. The molecule has 0 bridgehead atoms. The summed E-state index contributed by atoms with van der Waals surface area (Å²) in [6, 6.07) is 16.0. The van der Waals surface area contributed by atoms with Crippen molar-refractivity contribution < 1.29 is 18.3 Å². The maximum atomic E-state index is 13.0. The van der Waals surface area contributed by atoms with Crippen molar-refractivity contribution in [2.75, 3.05) is 0 Å². The topological polar surface area (TPSA) is 50.7 Å². The quantitative estimate of drug-likeness (QED) is 0.469. The predicted octanol–water partition coefficient (Wildman–Crippen LogP) is 4.96. The van der Waals surface area contributed by atoms with Crippen LogP contribution in [-0.2, 0) is 6.61 Å². The smallest absolute Gasteiger partial charge is 0.271 e. The van der Waals surface area contributed by atoms with Crippen molar-refractivity contribution in [3.63, 3.8) is 0 Å². The van der Waals surface area contributed by atoms with Crippen LogP contribution < -0.4 is 10.2 Å². The van der Waals surface area contributed by atoms with Gasteiger partial charge in [0.2, 0.25) is 0 Å². The molecule has 4 nitrogen and oxygen atoms in total. The highest BCUT2D eigenvalue weighted by molar-refractivity contribution is 6.30. The van der Waals surface area contributed by atoms with Gasteiger partial charge >= 0.3 is 0 Å². The highest BCUT2D eigenvalue weighted by Crippen LogP contribution is 2.22. The lowest BCUT2D eigenvalue weighted by Crippen LogP contribution is -2.17. The standard InChI is InChI=1S/C21H15ClF2N2O2/c22-17-5-10-20(28-13-14-1-6-18(23)7-2-14)16(11-17)12-25-26-21(27)15-3-8-19(24)9-4-15/h1-12H,13H2,(H,26,27)/b25-12-. The fourth-order valence-corrected chi connectivity index (χ4v) is 2.50. The summed E-state index contributed by atoms with van der Waals surface area (Å²) in [4.78, 5) is 12.0. The van der Waals surface area contributed by atoms with Gasteiger partial charge in [-0.25, -0.2) is 14.2 Å².